The summed E-state index contributed by atoms with van der Waals surface area (Å²) in [6.07, 6.45) is 8.48. The molecule has 1 saturated heterocycles. The van der Waals surface area contributed by atoms with E-state index in [1.54, 1.807) is 6.20 Å². The average Bonchev–Trinajstić information content (AvgIpc) is 3.08. The minimum absolute atomic E-state index is 0.404. The van der Waals surface area contributed by atoms with Crippen molar-refractivity contribution in [3.05, 3.63) is 33.5 Å². The normalized spacial score (nSPS) is 19.0. The van der Waals surface area contributed by atoms with Crippen LogP contribution in [0.2, 0.25) is 0 Å². The maximum atomic E-state index is 8.83. The summed E-state index contributed by atoms with van der Waals surface area (Å²) >= 11 is 1.90. The molecular formula is C15H17N5S. The van der Waals surface area contributed by atoms with Crippen molar-refractivity contribution in [3.8, 4) is 6.07 Å². The van der Waals surface area contributed by atoms with Crippen molar-refractivity contribution < 1.29 is 0 Å². The zero-order chi connectivity index (χ0) is 14.2. The molecule has 1 aliphatic heterocycles. The molecule has 4 rings (SSSR count). The van der Waals surface area contributed by atoms with E-state index >= 15 is 0 Å². The lowest BCUT2D eigenvalue weighted by molar-refractivity contribution is 0.0907. The van der Waals surface area contributed by atoms with Gasteiger partial charge in [-0.05, 0) is 25.7 Å². The van der Waals surface area contributed by atoms with Gasteiger partial charge in [-0.1, -0.05) is 0 Å². The number of aryl methyl sites for hydroxylation is 2. The number of rotatable bonds is 3. The van der Waals surface area contributed by atoms with Crippen molar-refractivity contribution in [3.63, 3.8) is 0 Å². The van der Waals surface area contributed by atoms with Crippen LogP contribution < -0.4 is 0 Å². The zero-order valence-corrected chi connectivity index (χ0v) is 12.6. The summed E-state index contributed by atoms with van der Waals surface area (Å²) < 4.78 is 1.92. The second kappa shape index (κ2) is 5.24. The van der Waals surface area contributed by atoms with Crippen LogP contribution in [0.25, 0.3) is 0 Å². The topological polar surface area (TPSA) is 57.7 Å². The van der Waals surface area contributed by atoms with Gasteiger partial charge in [0.1, 0.15) is 11.1 Å². The monoisotopic (exact) mass is 299 g/mol. The van der Waals surface area contributed by atoms with Crippen molar-refractivity contribution in [1.29, 1.82) is 5.26 Å². The van der Waals surface area contributed by atoms with E-state index in [1.807, 2.05) is 22.2 Å². The van der Waals surface area contributed by atoms with Gasteiger partial charge in [-0.25, -0.2) is 4.98 Å². The Kier molecular flexibility index (Phi) is 3.24. The Morgan fingerprint density at radius 2 is 2.19 bits per heavy atom. The van der Waals surface area contributed by atoms with Crippen molar-refractivity contribution in [1.82, 2.24) is 19.7 Å². The molecule has 6 heteroatoms. The van der Waals surface area contributed by atoms with Gasteiger partial charge in [0.2, 0.25) is 0 Å². The molecule has 0 N–H and O–H groups in total. The summed E-state index contributed by atoms with van der Waals surface area (Å²) in [6.45, 7) is 2.95. The second-order valence-corrected chi connectivity index (χ2v) is 7.02. The predicted octanol–water partition coefficient (Wildman–Crippen LogP) is 2.15. The highest BCUT2D eigenvalue weighted by atomic mass is 32.1. The van der Waals surface area contributed by atoms with Crippen molar-refractivity contribution in [2.45, 2.75) is 38.3 Å². The van der Waals surface area contributed by atoms with Gasteiger partial charge in [0, 0.05) is 24.2 Å². The quantitative estimate of drug-likeness (QED) is 0.871. The SMILES string of the molecule is N#Cc1cnn(C2CN(Cc3nc4c(s3)CCCC4)C2)c1. The van der Waals surface area contributed by atoms with Gasteiger partial charge >= 0.3 is 0 Å². The van der Waals surface area contributed by atoms with Gasteiger partial charge in [-0.15, -0.1) is 11.3 Å². The molecule has 0 aromatic carbocycles. The van der Waals surface area contributed by atoms with Crippen LogP contribution in [0.15, 0.2) is 12.4 Å². The van der Waals surface area contributed by atoms with Crippen LogP contribution in [0.3, 0.4) is 0 Å². The number of likely N-dealkylation sites (tertiary alicyclic amines) is 1. The van der Waals surface area contributed by atoms with Crippen LogP contribution in [0.1, 0.15) is 40.0 Å². The van der Waals surface area contributed by atoms with E-state index in [-0.39, 0.29) is 0 Å². The molecule has 0 atom stereocenters. The van der Waals surface area contributed by atoms with Gasteiger partial charge < -0.3 is 0 Å². The van der Waals surface area contributed by atoms with Gasteiger partial charge in [-0.3, -0.25) is 9.58 Å². The third-order valence-corrected chi connectivity index (χ3v) is 5.43. The van der Waals surface area contributed by atoms with Gasteiger partial charge in [-0.2, -0.15) is 10.4 Å². The Hall–Kier alpha value is -1.71. The molecule has 108 valence electrons. The Morgan fingerprint density at radius 3 is 2.95 bits per heavy atom. The second-order valence-electron chi connectivity index (χ2n) is 5.85. The minimum atomic E-state index is 0.404. The predicted molar refractivity (Wildman–Crippen MR) is 80.0 cm³/mol. The number of hydrogen-bond donors (Lipinski definition) is 0. The summed E-state index contributed by atoms with van der Waals surface area (Å²) in [7, 11) is 0. The molecule has 2 aromatic rings. The van der Waals surface area contributed by atoms with E-state index in [9.17, 15) is 0 Å². The van der Waals surface area contributed by atoms with Crippen LogP contribution in [0.4, 0.5) is 0 Å². The Bertz CT molecular complexity index is 666. The van der Waals surface area contributed by atoms with Crippen molar-refractivity contribution >= 4 is 11.3 Å². The summed E-state index contributed by atoms with van der Waals surface area (Å²) in [4.78, 5) is 8.72. The molecular weight excluding hydrogens is 282 g/mol. The Morgan fingerprint density at radius 1 is 1.33 bits per heavy atom. The lowest BCUT2D eigenvalue weighted by atomic mass is 10.0. The van der Waals surface area contributed by atoms with E-state index in [0.29, 0.717) is 11.6 Å². The number of thiazole rings is 1. The fourth-order valence-corrected chi connectivity index (χ4v) is 4.30. The van der Waals surface area contributed by atoms with Gasteiger partial charge in [0.25, 0.3) is 0 Å². The molecule has 0 unspecified atom stereocenters. The van der Waals surface area contributed by atoms with Crippen LogP contribution in [-0.2, 0) is 19.4 Å². The molecule has 5 nitrogen and oxygen atoms in total. The average molecular weight is 299 g/mol. The Balaban J connectivity index is 1.36. The summed E-state index contributed by atoms with van der Waals surface area (Å²) in [5.41, 5.74) is 1.99. The fraction of sp³-hybridized carbons (Fsp3) is 0.533. The molecule has 1 fully saturated rings. The van der Waals surface area contributed by atoms with Crippen molar-refractivity contribution in [2.75, 3.05) is 13.1 Å². The first-order chi connectivity index (χ1) is 10.3. The zero-order valence-electron chi connectivity index (χ0n) is 11.8. The molecule has 0 saturated carbocycles. The third-order valence-electron chi connectivity index (χ3n) is 4.29. The molecule has 0 amide bonds. The van der Waals surface area contributed by atoms with E-state index in [1.165, 1.54) is 41.3 Å². The van der Waals surface area contributed by atoms with Crippen molar-refractivity contribution in [2.24, 2.45) is 0 Å². The number of nitriles is 1. The third kappa shape index (κ3) is 2.47. The fourth-order valence-electron chi connectivity index (χ4n) is 3.10. The number of nitrogens with zero attached hydrogens (tertiary/aromatic N) is 5. The minimum Gasteiger partial charge on any atom is -0.292 e. The highest BCUT2D eigenvalue weighted by molar-refractivity contribution is 7.11. The largest absolute Gasteiger partial charge is 0.292 e. The summed E-state index contributed by atoms with van der Waals surface area (Å²) in [6, 6.07) is 2.53. The smallest absolute Gasteiger partial charge is 0.107 e. The number of hydrogen-bond acceptors (Lipinski definition) is 5. The van der Waals surface area contributed by atoms with Crippen LogP contribution in [0.5, 0.6) is 0 Å². The molecule has 0 radical (unpaired) electrons. The summed E-state index contributed by atoms with van der Waals surface area (Å²) in [5.74, 6) is 0. The summed E-state index contributed by atoms with van der Waals surface area (Å²) in [5, 5.41) is 14.4. The van der Waals surface area contributed by atoms with E-state index in [0.717, 1.165) is 19.6 Å². The number of aromatic nitrogens is 3. The van der Waals surface area contributed by atoms with E-state index < -0.39 is 0 Å². The van der Waals surface area contributed by atoms with Crippen LogP contribution >= 0.6 is 11.3 Å². The van der Waals surface area contributed by atoms with Gasteiger partial charge in [0.05, 0.1) is 30.0 Å². The molecule has 0 spiro atoms. The highest BCUT2D eigenvalue weighted by Crippen LogP contribution is 2.29. The standard InChI is InChI=1S/C15H17N5S/c16-5-11-6-17-20(7-11)12-8-19(9-12)10-15-18-13-3-1-2-4-14(13)21-15/h6-7,12H,1-4,8-10H2. The van der Waals surface area contributed by atoms with E-state index in [4.69, 9.17) is 10.2 Å². The van der Waals surface area contributed by atoms with Gasteiger partial charge in [0.15, 0.2) is 0 Å². The molecule has 21 heavy (non-hydrogen) atoms. The molecule has 2 aromatic heterocycles. The maximum absolute atomic E-state index is 8.83. The first-order valence-electron chi connectivity index (χ1n) is 7.46. The first kappa shape index (κ1) is 13.0. The maximum Gasteiger partial charge on any atom is 0.107 e. The molecule has 2 aliphatic rings. The highest BCUT2D eigenvalue weighted by Gasteiger charge is 2.29. The molecule has 3 heterocycles. The lowest BCUT2D eigenvalue weighted by Gasteiger charge is -2.38. The number of fused-ring (bicyclic) bond motifs is 1. The Labute approximate surface area is 127 Å². The van der Waals surface area contributed by atoms with Crippen LogP contribution in [-0.4, -0.2) is 32.8 Å². The lowest BCUT2D eigenvalue weighted by Crippen LogP contribution is -2.47. The molecule has 0 bridgehead atoms. The van der Waals surface area contributed by atoms with Crippen LogP contribution in [0, 0.1) is 11.3 Å². The van der Waals surface area contributed by atoms with E-state index in [2.05, 4.69) is 16.1 Å². The molecule has 1 aliphatic carbocycles. The first-order valence-corrected chi connectivity index (χ1v) is 8.27.